The van der Waals surface area contributed by atoms with Gasteiger partial charge in [0, 0.05) is 27.4 Å². The van der Waals surface area contributed by atoms with Crippen LogP contribution in [0.25, 0.3) is 0 Å². The standard InChI is InChI=1S/C20H44O9P2/c1-7-11-19(9-3)17-25-13-15-27-30(21,23-5)29-31(22,24-6)28-16-14-26-18-20(10-4)12-8-2/h19-20H,7-18H2,1-6H3. The molecule has 0 heterocycles. The van der Waals surface area contributed by atoms with Crippen molar-refractivity contribution in [3.63, 3.8) is 0 Å². The van der Waals surface area contributed by atoms with Gasteiger partial charge in [0.2, 0.25) is 0 Å². The highest BCUT2D eigenvalue weighted by Gasteiger charge is 2.39. The zero-order valence-electron chi connectivity index (χ0n) is 20.2. The molecule has 0 aliphatic heterocycles. The molecule has 0 N–H and O–H groups in total. The lowest BCUT2D eigenvalue weighted by Gasteiger charge is -2.21. The van der Waals surface area contributed by atoms with Gasteiger partial charge in [-0.3, -0.25) is 18.1 Å². The average Bonchev–Trinajstić information content (AvgIpc) is 2.77. The fraction of sp³-hybridized carbons (Fsp3) is 1.00. The van der Waals surface area contributed by atoms with E-state index in [4.69, 9.17) is 31.9 Å². The number of rotatable bonds is 22. The molecule has 0 radical (unpaired) electrons. The van der Waals surface area contributed by atoms with E-state index in [0.717, 1.165) is 52.7 Å². The van der Waals surface area contributed by atoms with E-state index in [0.29, 0.717) is 25.0 Å². The fourth-order valence-corrected chi connectivity index (χ4v) is 5.58. The Morgan fingerprint density at radius 1 is 0.645 bits per heavy atom. The molecule has 0 fully saturated rings. The summed E-state index contributed by atoms with van der Waals surface area (Å²) in [6.45, 7) is 10.0. The van der Waals surface area contributed by atoms with Gasteiger partial charge in [-0.2, -0.15) is 4.31 Å². The lowest BCUT2D eigenvalue weighted by molar-refractivity contribution is 0.0481. The molecule has 0 aromatic rings. The van der Waals surface area contributed by atoms with Crippen LogP contribution in [-0.2, 0) is 41.0 Å². The molecule has 4 atom stereocenters. The predicted molar refractivity (Wildman–Crippen MR) is 121 cm³/mol. The van der Waals surface area contributed by atoms with Crippen molar-refractivity contribution < 1.29 is 41.0 Å². The molecule has 0 aliphatic rings. The Kier molecular flexibility index (Phi) is 18.7. The van der Waals surface area contributed by atoms with Gasteiger partial charge in [-0.25, -0.2) is 9.13 Å². The van der Waals surface area contributed by atoms with E-state index in [1.165, 1.54) is 0 Å². The van der Waals surface area contributed by atoms with Gasteiger partial charge in [-0.15, -0.1) is 0 Å². The van der Waals surface area contributed by atoms with Crippen molar-refractivity contribution >= 4 is 15.6 Å². The largest absolute Gasteiger partial charge is 0.483 e. The summed E-state index contributed by atoms with van der Waals surface area (Å²) in [6, 6.07) is 0. The summed E-state index contributed by atoms with van der Waals surface area (Å²) in [6.07, 6.45) is 6.44. The predicted octanol–water partition coefficient (Wildman–Crippen LogP) is 6.23. The molecule has 0 rings (SSSR count). The Labute approximate surface area is 189 Å². The molecule has 188 valence electrons. The van der Waals surface area contributed by atoms with Crippen LogP contribution in [0, 0.1) is 11.8 Å². The summed E-state index contributed by atoms with van der Waals surface area (Å²) < 4.78 is 61.4. The zero-order valence-corrected chi connectivity index (χ0v) is 22.0. The maximum absolute atomic E-state index is 12.6. The van der Waals surface area contributed by atoms with Crippen LogP contribution in [-0.4, -0.2) is 53.9 Å². The summed E-state index contributed by atoms with van der Waals surface area (Å²) in [5.74, 6) is 0.962. The molecule has 0 spiro atoms. The summed E-state index contributed by atoms with van der Waals surface area (Å²) in [5.41, 5.74) is 0. The van der Waals surface area contributed by atoms with Gasteiger partial charge in [0.25, 0.3) is 0 Å². The first-order valence-corrected chi connectivity index (χ1v) is 14.2. The molecule has 0 amide bonds. The van der Waals surface area contributed by atoms with E-state index >= 15 is 0 Å². The van der Waals surface area contributed by atoms with E-state index in [1.807, 2.05) is 0 Å². The zero-order chi connectivity index (χ0) is 23.6. The Balaban J connectivity index is 4.37. The summed E-state index contributed by atoms with van der Waals surface area (Å²) in [4.78, 5) is 0. The average molecular weight is 491 g/mol. The van der Waals surface area contributed by atoms with Gasteiger partial charge < -0.3 is 9.47 Å². The van der Waals surface area contributed by atoms with Crippen LogP contribution in [0.5, 0.6) is 0 Å². The molecular formula is C20H44O9P2. The molecule has 9 nitrogen and oxygen atoms in total. The molecule has 31 heavy (non-hydrogen) atoms. The quantitative estimate of drug-likeness (QED) is 0.129. The Morgan fingerprint density at radius 2 is 1.03 bits per heavy atom. The molecule has 4 unspecified atom stereocenters. The maximum atomic E-state index is 12.6. The highest BCUT2D eigenvalue weighted by Crippen LogP contribution is 2.65. The Hall–Kier alpha value is 0.180. The minimum atomic E-state index is -4.14. The number of hydrogen-bond acceptors (Lipinski definition) is 9. The van der Waals surface area contributed by atoms with Crippen molar-refractivity contribution in [2.75, 3.05) is 53.9 Å². The van der Waals surface area contributed by atoms with Gasteiger partial charge >= 0.3 is 15.6 Å². The van der Waals surface area contributed by atoms with Gasteiger partial charge in [0.1, 0.15) is 0 Å². The molecule has 0 aromatic carbocycles. The third-order valence-electron chi connectivity index (χ3n) is 4.86. The first kappa shape index (κ1) is 31.2. The lowest BCUT2D eigenvalue weighted by atomic mass is 10.0. The summed E-state index contributed by atoms with van der Waals surface area (Å²) in [5, 5.41) is 0. The van der Waals surface area contributed by atoms with Crippen molar-refractivity contribution in [2.45, 2.75) is 66.2 Å². The minimum absolute atomic E-state index is 0.0453. The number of phosphoric acid groups is 2. The number of phosphoric ester groups is 2. The first-order chi connectivity index (χ1) is 14.8. The van der Waals surface area contributed by atoms with Crippen LogP contribution in [0.15, 0.2) is 0 Å². The van der Waals surface area contributed by atoms with E-state index < -0.39 is 15.6 Å². The minimum Gasteiger partial charge on any atom is -0.379 e. The van der Waals surface area contributed by atoms with Gasteiger partial charge in [0.05, 0.1) is 26.4 Å². The highest BCUT2D eigenvalue weighted by atomic mass is 31.3. The lowest BCUT2D eigenvalue weighted by Crippen LogP contribution is -2.13. The van der Waals surface area contributed by atoms with E-state index in [1.54, 1.807) is 0 Å². The van der Waals surface area contributed by atoms with Crippen LogP contribution < -0.4 is 0 Å². The maximum Gasteiger partial charge on any atom is 0.483 e. The smallest absolute Gasteiger partial charge is 0.379 e. The van der Waals surface area contributed by atoms with E-state index in [2.05, 4.69) is 27.7 Å². The SMILES string of the molecule is CCCC(CC)COCCOP(=O)(OC)OP(=O)(OC)OCCOCC(CC)CCC. The van der Waals surface area contributed by atoms with Crippen molar-refractivity contribution in [1.82, 2.24) is 0 Å². The van der Waals surface area contributed by atoms with Crippen molar-refractivity contribution in [3.05, 3.63) is 0 Å². The monoisotopic (exact) mass is 490 g/mol. The third-order valence-corrected chi connectivity index (χ3v) is 8.35. The van der Waals surface area contributed by atoms with Gasteiger partial charge in [-0.05, 0) is 24.7 Å². The fourth-order valence-electron chi connectivity index (χ4n) is 2.88. The van der Waals surface area contributed by atoms with Crippen molar-refractivity contribution in [2.24, 2.45) is 11.8 Å². The molecule has 0 aliphatic carbocycles. The molecular weight excluding hydrogens is 446 g/mol. The number of ether oxygens (including phenoxy) is 2. The normalized spacial score (nSPS) is 17.7. The second kappa shape index (κ2) is 18.6. The first-order valence-electron chi connectivity index (χ1n) is 11.3. The molecule has 0 aromatic heterocycles. The molecule has 11 heteroatoms. The number of hydrogen-bond donors (Lipinski definition) is 0. The van der Waals surface area contributed by atoms with Crippen LogP contribution >= 0.6 is 15.6 Å². The van der Waals surface area contributed by atoms with Gasteiger partial charge in [-0.1, -0.05) is 53.4 Å². The molecule has 0 saturated heterocycles. The second-order valence-electron chi connectivity index (χ2n) is 7.28. The third kappa shape index (κ3) is 14.8. The second-order valence-corrected chi connectivity index (χ2v) is 11.0. The van der Waals surface area contributed by atoms with Crippen LogP contribution in [0.1, 0.15) is 66.2 Å². The van der Waals surface area contributed by atoms with Crippen LogP contribution in [0.3, 0.4) is 0 Å². The highest BCUT2D eigenvalue weighted by molar-refractivity contribution is 7.62. The van der Waals surface area contributed by atoms with Crippen molar-refractivity contribution in [1.29, 1.82) is 0 Å². The molecule has 0 saturated carbocycles. The van der Waals surface area contributed by atoms with Crippen LogP contribution in [0.2, 0.25) is 0 Å². The van der Waals surface area contributed by atoms with E-state index in [9.17, 15) is 9.13 Å². The van der Waals surface area contributed by atoms with Gasteiger partial charge in [0.15, 0.2) is 0 Å². The Morgan fingerprint density at radius 3 is 1.32 bits per heavy atom. The molecule has 0 bridgehead atoms. The van der Waals surface area contributed by atoms with Crippen LogP contribution in [0.4, 0.5) is 0 Å². The van der Waals surface area contributed by atoms with E-state index in [-0.39, 0.29) is 26.4 Å². The summed E-state index contributed by atoms with van der Waals surface area (Å²) >= 11 is 0. The van der Waals surface area contributed by atoms with Crippen molar-refractivity contribution in [3.8, 4) is 0 Å². The summed E-state index contributed by atoms with van der Waals surface area (Å²) in [7, 11) is -6.01. The topological polar surface area (TPSA) is 98.8 Å². The Bertz CT molecular complexity index is 475.